The number of hydrogen-bond donors (Lipinski definition) is 1. The Labute approximate surface area is 137 Å². The zero-order chi connectivity index (χ0) is 17.1. The lowest BCUT2D eigenvalue weighted by molar-refractivity contribution is -0.157. The summed E-state index contributed by atoms with van der Waals surface area (Å²) < 4.78 is 5.64. The molecule has 0 aliphatic heterocycles. The van der Waals surface area contributed by atoms with Gasteiger partial charge in [-0.25, -0.2) is 4.79 Å². The average Bonchev–Trinajstić information content (AvgIpc) is 2.48. The van der Waals surface area contributed by atoms with Crippen LogP contribution in [0.15, 0.2) is 36.4 Å². The molecule has 0 spiro atoms. The third kappa shape index (κ3) is 9.31. The second-order valence-corrected chi connectivity index (χ2v) is 5.34. The second kappa shape index (κ2) is 10.4. The number of nitrogens with zero attached hydrogens (tertiary/aromatic N) is 1. The quantitative estimate of drug-likeness (QED) is 0.586. The average molecular weight is 320 g/mol. The molecular formula is C17H24N2O4. The van der Waals surface area contributed by atoms with Gasteiger partial charge in [-0.05, 0) is 38.2 Å². The van der Waals surface area contributed by atoms with Crippen LogP contribution in [0.4, 0.5) is 0 Å². The maximum absolute atomic E-state index is 11.2. The SMILES string of the molecule is CC(=O)NOC(=O)CCC=CCOc1cccc(CN(C)C)c1. The van der Waals surface area contributed by atoms with Crippen LogP contribution in [0.2, 0.25) is 0 Å². The highest BCUT2D eigenvalue weighted by molar-refractivity contribution is 5.75. The van der Waals surface area contributed by atoms with Crippen LogP contribution in [-0.4, -0.2) is 37.5 Å². The van der Waals surface area contributed by atoms with Gasteiger partial charge in [0.1, 0.15) is 12.4 Å². The van der Waals surface area contributed by atoms with Crippen molar-refractivity contribution in [2.24, 2.45) is 0 Å². The zero-order valence-corrected chi connectivity index (χ0v) is 13.9. The van der Waals surface area contributed by atoms with Gasteiger partial charge in [0.15, 0.2) is 0 Å². The number of hydrogen-bond acceptors (Lipinski definition) is 5. The third-order valence-corrected chi connectivity index (χ3v) is 2.73. The van der Waals surface area contributed by atoms with Gasteiger partial charge in [0.25, 0.3) is 0 Å². The minimum absolute atomic E-state index is 0.203. The molecule has 0 aromatic heterocycles. The van der Waals surface area contributed by atoms with Gasteiger partial charge in [0.2, 0.25) is 5.91 Å². The molecule has 0 radical (unpaired) electrons. The molecule has 0 aliphatic carbocycles. The van der Waals surface area contributed by atoms with Crippen molar-refractivity contribution in [2.75, 3.05) is 20.7 Å². The van der Waals surface area contributed by atoms with E-state index < -0.39 is 11.9 Å². The predicted molar refractivity (Wildman–Crippen MR) is 87.6 cm³/mol. The molecule has 0 bridgehead atoms. The first kappa shape index (κ1) is 18.7. The van der Waals surface area contributed by atoms with Gasteiger partial charge in [0, 0.05) is 13.5 Å². The lowest BCUT2D eigenvalue weighted by Crippen LogP contribution is -2.24. The number of carbonyl (C=O) groups is 2. The fourth-order valence-corrected chi connectivity index (χ4v) is 1.81. The van der Waals surface area contributed by atoms with Crippen LogP contribution < -0.4 is 10.2 Å². The van der Waals surface area contributed by atoms with Crippen LogP contribution in [0, 0.1) is 0 Å². The Morgan fingerprint density at radius 1 is 1.26 bits per heavy atom. The number of rotatable bonds is 8. The lowest BCUT2D eigenvalue weighted by atomic mass is 10.2. The molecule has 6 nitrogen and oxygen atoms in total. The smallest absolute Gasteiger partial charge is 0.332 e. The van der Waals surface area contributed by atoms with Gasteiger partial charge in [0.05, 0.1) is 6.42 Å². The molecule has 0 aliphatic rings. The standard InChI is InChI=1S/C17H24N2O4/c1-14(20)18-23-17(21)10-5-4-6-11-22-16-9-7-8-15(12-16)13-19(2)3/h4,6-9,12H,5,10-11,13H2,1-3H3,(H,18,20). The predicted octanol–water partition coefficient (Wildman–Crippen LogP) is 2.06. The van der Waals surface area contributed by atoms with Crippen molar-refractivity contribution >= 4 is 11.9 Å². The Kier molecular flexibility index (Phi) is 8.46. The lowest BCUT2D eigenvalue weighted by Gasteiger charge is -2.11. The van der Waals surface area contributed by atoms with E-state index in [1.165, 1.54) is 12.5 Å². The minimum Gasteiger partial charge on any atom is -0.490 e. The Hall–Kier alpha value is -2.34. The maximum atomic E-state index is 11.2. The van der Waals surface area contributed by atoms with E-state index in [0.29, 0.717) is 13.0 Å². The highest BCUT2D eigenvalue weighted by Gasteiger charge is 2.02. The van der Waals surface area contributed by atoms with E-state index in [1.54, 1.807) is 0 Å². The van der Waals surface area contributed by atoms with Crippen molar-refractivity contribution in [3.05, 3.63) is 42.0 Å². The number of benzene rings is 1. The van der Waals surface area contributed by atoms with Crippen molar-refractivity contribution in [2.45, 2.75) is 26.3 Å². The first-order valence-corrected chi connectivity index (χ1v) is 7.45. The number of amides is 1. The third-order valence-electron chi connectivity index (χ3n) is 2.73. The molecule has 6 heteroatoms. The number of hydroxylamine groups is 1. The molecule has 1 aromatic carbocycles. The summed E-state index contributed by atoms with van der Waals surface area (Å²) in [6, 6.07) is 7.95. The number of allylic oxidation sites excluding steroid dienone is 1. The largest absolute Gasteiger partial charge is 0.490 e. The molecule has 1 N–H and O–H groups in total. The number of carbonyl (C=O) groups excluding carboxylic acids is 2. The van der Waals surface area contributed by atoms with Crippen LogP contribution in [-0.2, 0) is 21.0 Å². The van der Waals surface area contributed by atoms with E-state index in [9.17, 15) is 9.59 Å². The van der Waals surface area contributed by atoms with Crippen LogP contribution in [0.25, 0.3) is 0 Å². The van der Waals surface area contributed by atoms with Crippen molar-refractivity contribution < 1.29 is 19.2 Å². The van der Waals surface area contributed by atoms with Crippen LogP contribution in [0.1, 0.15) is 25.3 Å². The Morgan fingerprint density at radius 3 is 2.74 bits per heavy atom. The first-order valence-electron chi connectivity index (χ1n) is 7.45. The monoisotopic (exact) mass is 320 g/mol. The minimum atomic E-state index is -0.470. The van der Waals surface area contributed by atoms with Crippen LogP contribution in [0.5, 0.6) is 5.75 Å². The van der Waals surface area contributed by atoms with Gasteiger partial charge in [-0.15, -0.1) is 0 Å². The van der Waals surface area contributed by atoms with Crippen molar-refractivity contribution in [1.29, 1.82) is 0 Å². The molecule has 1 aromatic rings. The summed E-state index contributed by atoms with van der Waals surface area (Å²) in [4.78, 5) is 28.4. The summed E-state index contributed by atoms with van der Waals surface area (Å²) in [6.07, 6.45) is 4.43. The van der Waals surface area contributed by atoms with Gasteiger partial charge < -0.3 is 14.5 Å². The number of ether oxygens (including phenoxy) is 1. The molecule has 0 fully saturated rings. The zero-order valence-electron chi connectivity index (χ0n) is 13.9. The highest BCUT2D eigenvalue weighted by Crippen LogP contribution is 2.14. The molecule has 1 amide bonds. The fourth-order valence-electron chi connectivity index (χ4n) is 1.81. The Morgan fingerprint density at radius 2 is 2.04 bits per heavy atom. The molecule has 0 unspecified atom stereocenters. The molecule has 0 saturated carbocycles. The van der Waals surface area contributed by atoms with Crippen LogP contribution in [0.3, 0.4) is 0 Å². The van der Waals surface area contributed by atoms with E-state index in [2.05, 4.69) is 15.8 Å². The molecule has 0 saturated heterocycles. The topological polar surface area (TPSA) is 67.9 Å². The molecule has 0 atom stereocenters. The van der Waals surface area contributed by atoms with Gasteiger partial charge in [-0.1, -0.05) is 24.3 Å². The molecule has 126 valence electrons. The summed E-state index contributed by atoms with van der Waals surface area (Å²) in [7, 11) is 4.04. The van der Waals surface area contributed by atoms with Crippen LogP contribution >= 0.6 is 0 Å². The molecule has 0 heterocycles. The summed E-state index contributed by atoms with van der Waals surface area (Å²) >= 11 is 0. The molecular weight excluding hydrogens is 296 g/mol. The Bertz CT molecular complexity index is 541. The first-order chi connectivity index (χ1) is 11.0. The molecule has 23 heavy (non-hydrogen) atoms. The van der Waals surface area contributed by atoms with Crippen molar-refractivity contribution in [1.82, 2.24) is 10.4 Å². The molecule has 1 rings (SSSR count). The van der Waals surface area contributed by atoms with Crippen molar-refractivity contribution in [3.63, 3.8) is 0 Å². The van der Waals surface area contributed by atoms with Gasteiger partial charge >= 0.3 is 5.97 Å². The van der Waals surface area contributed by atoms with Gasteiger partial charge in [-0.3, -0.25) is 4.79 Å². The van der Waals surface area contributed by atoms with Gasteiger partial charge in [-0.2, -0.15) is 5.48 Å². The Balaban J connectivity index is 2.23. The summed E-state index contributed by atoms with van der Waals surface area (Å²) in [5, 5.41) is 0. The van der Waals surface area contributed by atoms with E-state index in [1.807, 2.05) is 49.9 Å². The summed E-state index contributed by atoms with van der Waals surface area (Å²) in [6.45, 7) is 2.58. The van der Waals surface area contributed by atoms with E-state index in [4.69, 9.17) is 4.74 Å². The number of nitrogens with one attached hydrogen (secondary N) is 1. The van der Waals surface area contributed by atoms with E-state index >= 15 is 0 Å². The fraction of sp³-hybridized carbons (Fsp3) is 0.412. The maximum Gasteiger partial charge on any atom is 0.332 e. The van der Waals surface area contributed by atoms with E-state index in [0.717, 1.165) is 12.3 Å². The van der Waals surface area contributed by atoms with E-state index in [-0.39, 0.29) is 6.42 Å². The van der Waals surface area contributed by atoms with Crippen molar-refractivity contribution in [3.8, 4) is 5.75 Å². The summed E-state index contributed by atoms with van der Waals surface area (Å²) in [5.74, 6) is -0.0555. The normalized spacial score (nSPS) is 10.8. The second-order valence-electron chi connectivity index (χ2n) is 5.34. The highest BCUT2D eigenvalue weighted by atomic mass is 16.7. The summed E-state index contributed by atoms with van der Waals surface area (Å²) in [5.41, 5.74) is 3.19.